The van der Waals surface area contributed by atoms with Gasteiger partial charge in [-0.05, 0) is 36.8 Å². The predicted octanol–water partition coefficient (Wildman–Crippen LogP) is 5.05. The molecule has 0 saturated heterocycles. The highest BCUT2D eigenvalue weighted by Gasteiger charge is 2.18. The Morgan fingerprint density at radius 3 is 2.50 bits per heavy atom. The Kier molecular flexibility index (Phi) is 4.61. The van der Waals surface area contributed by atoms with Crippen LogP contribution in [0.5, 0.6) is 5.75 Å². The van der Waals surface area contributed by atoms with E-state index in [9.17, 15) is 9.90 Å². The number of rotatable bonds is 3. The third-order valence-corrected chi connectivity index (χ3v) is 5.88. The summed E-state index contributed by atoms with van der Waals surface area (Å²) in [7, 11) is 3.96. The topological polar surface area (TPSA) is 69.2 Å². The third-order valence-electron chi connectivity index (χ3n) is 4.64. The number of hydrogen-bond acceptors (Lipinski definition) is 5. The van der Waals surface area contributed by atoms with Gasteiger partial charge < -0.3 is 15.0 Å². The first-order valence-corrected chi connectivity index (χ1v) is 9.83. The lowest BCUT2D eigenvalue weighted by atomic mass is 10.0. The molecule has 142 valence electrons. The summed E-state index contributed by atoms with van der Waals surface area (Å²) in [4.78, 5) is 22.2. The molecule has 7 heteroatoms. The van der Waals surface area contributed by atoms with Gasteiger partial charge in [-0.25, -0.2) is 4.98 Å². The number of thiazole rings is 1. The van der Waals surface area contributed by atoms with E-state index in [4.69, 9.17) is 11.6 Å². The Morgan fingerprint density at radius 2 is 1.89 bits per heavy atom. The number of aromatic amines is 1. The van der Waals surface area contributed by atoms with Crippen LogP contribution in [0.2, 0.25) is 5.02 Å². The van der Waals surface area contributed by atoms with Gasteiger partial charge in [0.05, 0.1) is 20.4 Å². The molecule has 5 nitrogen and oxygen atoms in total. The zero-order chi connectivity index (χ0) is 20.0. The molecule has 0 spiro atoms. The van der Waals surface area contributed by atoms with E-state index in [1.165, 1.54) is 11.3 Å². The minimum atomic E-state index is -0.368. The maximum Gasteiger partial charge on any atom is 0.260 e. The molecule has 0 bridgehead atoms. The smallest absolute Gasteiger partial charge is 0.260 e. The summed E-state index contributed by atoms with van der Waals surface area (Å²) in [5.41, 5.74) is 3.15. The van der Waals surface area contributed by atoms with Crippen molar-refractivity contribution in [3.8, 4) is 27.3 Å². The average molecular weight is 412 g/mol. The van der Waals surface area contributed by atoms with Crippen molar-refractivity contribution < 1.29 is 5.11 Å². The molecule has 0 atom stereocenters. The van der Waals surface area contributed by atoms with Gasteiger partial charge in [0.25, 0.3) is 5.56 Å². The van der Waals surface area contributed by atoms with Gasteiger partial charge in [-0.1, -0.05) is 23.7 Å². The van der Waals surface area contributed by atoms with Gasteiger partial charge in [-0.3, -0.25) is 4.79 Å². The van der Waals surface area contributed by atoms with Gasteiger partial charge in [0.2, 0.25) is 0 Å². The van der Waals surface area contributed by atoms with Gasteiger partial charge in [-0.15, -0.1) is 11.3 Å². The summed E-state index contributed by atoms with van der Waals surface area (Å²) in [5.74, 6) is -0.0646. The van der Waals surface area contributed by atoms with Crippen molar-refractivity contribution in [2.75, 3.05) is 19.0 Å². The van der Waals surface area contributed by atoms with Crippen molar-refractivity contribution >= 4 is 39.5 Å². The molecule has 2 aromatic carbocycles. The summed E-state index contributed by atoms with van der Waals surface area (Å²) in [6.45, 7) is 1.86. The van der Waals surface area contributed by atoms with Crippen LogP contribution in [0.4, 0.5) is 5.69 Å². The molecule has 2 aromatic heterocycles. The van der Waals surface area contributed by atoms with Gasteiger partial charge in [0.15, 0.2) is 0 Å². The number of H-pyrrole nitrogens is 1. The number of pyridine rings is 1. The van der Waals surface area contributed by atoms with Crippen LogP contribution < -0.4 is 10.5 Å². The second-order valence-electron chi connectivity index (χ2n) is 6.74. The van der Waals surface area contributed by atoms with Crippen molar-refractivity contribution in [3.05, 3.63) is 63.0 Å². The van der Waals surface area contributed by atoms with Crippen molar-refractivity contribution in [1.82, 2.24) is 9.97 Å². The van der Waals surface area contributed by atoms with Gasteiger partial charge in [-0.2, -0.15) is 0 Å². The minimum Gasteiger partial charge on any atom is -0.506 e. The lowest BCUT2D eigenvalue weighted by molar-refractivity contribution is 0.482. The Hall–Kier alpha value is -2.83. The van der Waals surface area contributed by atoms with Crippen molar-refractivity contribution in [2.24, 2.45) is 0 Å². The number of nitrogens with zero attached hydrogens (tertiary/aromatic N) is 2. The van der Waals surface area contributed by atoms with Crippen LogP contribution in [0.1, 0.15) is 5.01 Å². The monoisotopic (exact) mass is 411 g/mol. The lowest BCUT2D eigenvalue weighted by Gasteiger charge is -2.14. The first kappa shape index (κ1) is 18.5. The SMILES string of the molecule is Cc1ncc(-c2c(O)c3cc(-c4ccc(N(C)C)cc4)c(Cl)cc3[nH]c2=O)s1. The zero-order valence-corrected chi connectivity index (χ0v) is 17.1. The van der Waals surface area contributed by atoms with Gasteiger partial charge in [0.1, 0.15) is 11.3 Å². The molecule has 2 heterocycles. The second-order valence-corrected chi connectivity index (χ2v) is 8.38. The summed E-state index contributed by atoms with van der Waals surface area (Å²) >= 11 is 7.85. The molecule has 0 radical (unpaired) electrons. The first-order valence-electron chi connectivity index (χ1n) is 8.64. The molecular formula is C21H18ClN3O2S. The molecule has 0 unspecified atom stereocenters. The summed E-state index contributed by atoms with van der Waals surface area (Å²) in [5, 5.41) is 12.7. The van der Waals surface area contributed by atoms with Gasteiger partial charge in [0, 0.05) is 36.9 Å². The Bertz CT molecular complexity index is 1240. The number of halogens is 1. The van der Waals surface area contributed by atoms with E-state index in [1.54, 1.807) is 12.3 Å². The van der Waals surface area contributed by atoms with E-state index >= 15 is 0 Å². The number of nitrogens with one attached hydrogen (secondary N) is 1. The number of anilines is 1. The number of benzene rings is 2. The lowest BCUT2D eigenvalue weighted by Crippen LogP contribution is -2.09. The highest BCUT2D eigenvalue weighted by atomic mass is 35.5. The molecule has 0 aliphatic rings. The van der Waals surface area contributed by atoms with Crippen LogP contribution in [-0.2, 0) is 0 Å². The van der Waals surface area contributed by atoms with Crippen molar-refractivity contribution in [3.63, 3.8) is 0 Å². The number of aryl methyl sites for hydroxylation is 1. The van der Waals surface area contributed by atoms with E-state index < -0.39 is 0 Å². The van der Waals surface area contributed by atoms with Crippen LogP contribution in [0.3, 0.4) is 0 Å². The van der Waals surface area contributed by atoms with E-state index in [0.29, 0.717) is 20.8 Å². The van der Waals surface area contributed by atoms with E-state index in [2.05, 4.69) is 9.97 Å². The first-order chi connectivity index (χ1) is 13.3. The maximum atomic E-state index is 12.5. The number of aromatic nitrogens is 2. The number of aromatic hydroxyl groups is 1. The van der Waals surface area contributed by atoms with Crippen LogP contribution in [0.25, 0.3) is 32.5 Å². The minimum absolute atomic E-state index is 0.0646. The molecule has 0 amide bonds. The molecule has 28 heavy (non-hydrogen) atoms. The fourth-order valence-electron chi connectivity index (χ4n) is 3.17. The molecule has 0 aliphatic heterocycles. The van der Waals surface area contributed by atoms with E-state index in [1.807, 2.05) is 56.3 Å². The van der Waals surface area contributed by atoms with E-state index in [0.717, 1.165) is 21.8 Å². The highest BCUT2D eigenvalue weighted by molar-refractivity contribution is 7.15. The normalized spacial score (nSPS) is 11.1. The fraction of sp³-hybridized carbons (Fsp3) is 0.143. The number of fused-ring (bicyclic) bond motifs is 1. The number of hydrogen-bond donors (Lipinski definition) is 2. The van der Waals surface area contributed by atoms with Gasteiger partial charge >= 0.3 is 0 Å². The third kappa shape index (κ3) is 3.15. The van der Waals surface area contributed by atoms with Crippen LogP contribution in [0.15, 0.2) is 47.4 Å². The molecule has 4 rings (SSSR count). The summed E-state index contributed by atoms with van der Waals surface area (Å²) in [6, 6.07) is 11.5. The zero-order valence-electron chi connectivity index (χ0n) is 15.6. The Morgan fingerprint density at radius 1 is 1.18 bits per heavy atom. The quantitative estimate of drug-likeness (QED) is 0.494. The average Bonchev–Trinajstić information content (AvgIpc) is 3.07. The van der Waals surface area contributed by atoms with E-state index in [-0.39, 0.29) is 16.9 Å². The van der Waals surface area contributed by atoms with Crippen molar-refractivity contribution in [1.29, 1.82) is 0 Å². The second kappa shape index (κ2) is 6.96. The molecule has 0 aliphatic carbocycles. The molecule has 4 aromatic rings. The molecule has 0 saturated carbocycles. The summed E-state index contributed by atoms with van der Waals surface area (Å²) < 4.78 is 0. The van der Waals surface area contributed by atoms with Crippen LogP contribution in [-0.4, -0.2) is 29.2 Å². The molecule has 2 N–H and O–H groups in total. The largest absolute Gasteiger partial charge is 0.506 e. The predicted molar refractivity (Wildman–Crippen MR) is 117 cm³/mol. The summed E-state index contributed by atoms with van der Waals surface area (Å²) in [6.07, 6.45) is 1.60. The maximum absolute atomic E-state index is 12.5. The Labute approximate surface area is 170 Å². The van der Waals surface area contributed by atoms with Crippen LogP contribution >= 0.6 is 22.9 Å². The fourth-order valence-corrected chi connectivity index (χ4v) is 4.26. The highest BCUT2D eigenvalue weighted by Crippen LogP contribution is 2.39. The standard InChI is InChI=1S/C21H18ClN3O2S/c1-11-23-10-18(28-11)19-20(26)15-8-14(16(22)9-17(15)24-21(19)27)12-4-6-13(7-5-12)25(2)3/h4-10H,1-3H3,(H2,24,26,27). The molecular weight excluding hydrogens is 394 g/mol. The molecule has 0 fully saturated rings. The van der Waals surface area contributed by atoms with Crippen molar-refractivity contribution in [2.45, 2.75) is 6.92 Å². The van der Waals surface area contributed by atoms with Crippen LogP contribution in [0, 0.1) is 6.92 Å². The Balaban J connectivity index is 1.92.